The van der Waals surface area contributed by atoms with Crippen LogP contribution in [-0.4, -0.2) is 18.0 Å². The van der Waals surface area contributed by atoms with Crippen LogP contribution in [-0.2, 0) is 4.79 Å². The van der Waals surface area contributed by atoms with Crippen LogP contribution in [0.5, 0.6) is 0 Å². The molecule has 1 saturated carbocycles. The third-order valence-electron chi connectivity index (χ3n) is 3.50. The molecule has 1 fully saturated rings. The maximum atomic E-state index is 11.6. The second-order valence-electron chi connectivity index (χ2n) is 5.29. The number of hydrogen-bond acceptors (Lipinski definition) is 2. The molecule has 0 bridgehead atoms. The molecule has 1 unspecified atom stereocenters. The van der Waals surface area contributed by atoms with Gasteiger partial charge in [-0.1, -0.05) is 25.7 Å². The molecule has 2 atom stereocenters. The van der Waals surface area contributed by atoms with Crippen LogP contribution in [0, 0.1) is 5.92 Å². The van der Waals surface area contributed by atoms with Crippen LogP contribution < -0.4 is 11.1 Å². The summed E-state index contributed by atoms with van der Waals surface area (Å²) in [5, 5.41) is 3.09. The van der Waals surface area contributed by atoms with Crippen LogP contribution in [0.1, 0.15) is 58.8 Å². The Morgan fingerprint density at radius 1 is 1.25 bits per heavy atom. The molecule has 1 amide bonds. The van der Waals surface area contributed by atoms with Gasteiger partial charge in [0, 0.05) is 18.5 Å². The van der Waals surface area contributed by atoms with Gasteiger partial charge in [-0.2, -0.15) is 0 Å². The summed E-state index contributed by atoms with van der Waals surface area (Å²) in [7, 11) is 0. The van der Waals surface area contributed by atoms with E-state index in [1.54, 1.807) is 0 Å². The van der Waals surface area contributed by atoms with Crippen molar-refractivity contribution in [2.75, 3.05) is 0 Å². The highest BCUT2D eigenvalue weighted by molar-refractivity contribution is 5.76. The number of rotatable bonds is 4. The zero-order chi connectivity index (χ0) is 12.0. The zero-order valence-electron chi connectivity index (χ0n) is 10.7. The van der Waals surface area contributed by atoms with Crippen molar-refractivity contribution in [3.8, 4) is 0 Å². The van der Waals surface area contributed by atoms with Crippen LogP contribution in [0.2, 0.25) is 0 Å². The van der Waals surface area contributed by atoms with Crippen molar-refractivity contribution >= 4 is 5.91 Å². The fraction of sp³-hybridized carbons (Fsp3) is 0.923. The molecule has 0 aliphatic heterocycles. The van der Waals surface area contributed by atoms with Gasteiger partial charge in [0.05, 0.1) is 0 Å². The largest absolute Gasteiger partial charge is 0.353 e. The molecule has 3 N–H and O–H groups in total. The summed E-state index contributed by atoms with van der Waals surface area (Å²) in [6, 6.07) is 0.269. The van der Waals surface area contributed by atoms with Gasteiger partial charge in [-0.05, 0) is 32.6 Å². The minimum atomic E-state index is -0.0404. The van der Waals surface area contributed by atoms with Crippen LogP contribution in [0.15, 0.2) is 0 Å². The van der Waals surface area contributed by atoms with Crippen LogP contribution in [0.3, 0.4) is 0 Å². The Morgan fingerprint density at radius 3 is 2.31 bits per heavy atom. The molecular weight excluding hydrogens is 200 g/mol. The van der Waals surface area contributed by atoms with Crippen molar-refractivity contribution in [3.63, 3.8) is 0 Å². The minimum Gasteiger partial charge on any atom is -0.353 e. The number of nitrogens with two attached hydrogens (primary N) is 1. The number of hydrogen-bond donors (Lipinski definition) is 2. The molecule has 94 valence electrons. The van der Waals surface area contributed by atoms with E-state index in [1.807, 2.05) is 6.92 Å². The normalized spacial score (nSPS) is 22.2. The molecular formula is C13H26N2O. The number of amides is 1. The summed E-state index contributed by atoms with van der Waals surface area (Å²) < 4.78 is 0. The Balaban J connectivity index is 2.32. The smallest absolute Gasteiger partial charge is 0.221 e. The predicted octanol–water partition coefficient (Wildman–Crippen LogP) is 2.20. The molecule has 1 rings (SSSR count). The van der Waals surface area contributed by atoms with Gasteiger partial charge in [-0.15, -0.1) is 0 Å². The third kappa shape index (κ3) is 4.97. The molecule has 0 spiro atoms. The van der Waals surface area contributed by atoms with E-state index >= 15 is 0 Å². The summed E-state index contributed by atoms with van der Waals surface area (Å²) in [4.78, 5) is 11.6. The van der Waals surface area contributed by atoms with Crippen LogP contribution >= 0.6 is 0 Å². The van der Waals surface area contributed by atoms with E-state index in [9.17, 15) is 4.79 Å². The van der Waals surface area contributed by atoms with Crippen molar-refractivity contribution < 1.29 is 4.79 Å². The molecule has 0 aromatic heterocycles. The molecule has 3 nitrogen and oxygen atoms in total. The van der Waals surface area contributed by atoms with Gasteiger partial charge in [0.2, 0.25) is 5.91 Å². The first-order valence-corrected chi connectivity index (χ1v) is 6.64. The number of carbonyl (C=O) groups is 1. The lowest BCUT2D eigenvalue weighted by atomic mass is 9.93. The van der Waals surface area contributed by atoms with Crippen molar-refractivity contribution in [2.24, 2.45) is 11.7 Å². The Hall–Kier alpha value is -0.570. The molecule has 0 heterocycles. The first kappa shape index (κ1) is 13.5. The first-order chi connectivity index (χ1) is 7.59. The topological polar surface area (TPSA) is 55.1 Å². The van der Waals surface area contributed by atoms with Crippen molar-refractivity contribution in [1.29, 1.82) is 0 Å². The van der Waals surface area contributed by atoms with Gasteiger partial charge in [-0.3, -0.25) is 4.79 Å². The number of carbonyl (C=O) groups excluding carboxylic acids is 1. The zero-order valence-corrected chi connectivity index (χ0v) is 10.7. The van der Waals surface area contributed by atoms with E-state index in [1.165, 1.54) is 38.5 Å². The maximum Gasteiger partial charge on any atom is 0.221 e. The molecule has 0 radical (unpaired) electrons. The minimum absolute atomic E-state index is 0.0404. The quantitative estimate of drug-likeness (QED) is 0.722. The van der Waals surface area contributed by atoms with Crippen LogP contribution in [0.4, 0.5) is 0 Å². The van der Waals surface area contributed by atoms with E-state index in [0.717, 1.165) is 0 Å². The molecule has 1 aliphatic rings. The van der Waals surface area contributed by atoms with Gasteiger partial charge < -0.3 is 11.1 Å². The van der Waals surface area contributed by atoms with Gasteiger partial charge in [0.25, 0.3) is 0 Å². The predicted molar refractivity (Wildman–Crippen MR) is 67.1 cm³/mol. The van der Waals surface area contributed by atoms with E-state index in [0.29, 0.717) is 18.4 Å². The Labute approximate surface area is 99.2 Å². The average Bonchev–Trinajstić information content (AvgIpc) is 2.43. The average molecular weight is 226 g/mol. The van der Waals surface area contributed by atoms with Crippen molar-refractivity contribution in [3.05, 3.63) is 0 Å². The van der Waals surface area contributed by atoms with Gasteiger partial charge >= 0.3 is 0 Å². The summed E-state index contributed by atoms with van der Waals surface area (Å²) in [6.07, 6.45) is 8.32. The second-order valence-corrected chi connectivity index (χ2v) is 5.29. The summed E-state index contributed by atoms with van der Waals surface area (Å²) in [5.41, 5.74) is 5.61. The SMILES string of the molecule is CC(N)CC(=O)N[C@@H](C)C1CCCCCC1. The number of nitrogens with one attached hydrogen (secondary N) is 1. The highest BCUT2D eigenvalue weighted by atomic mass is 16.1. The second kappa shape index (κ2) is 6.89. The lowest BCUT2D eigenvalue weighted by Crippen LogP contribution is -2.40. The molecule has 16 heavy (non-hydrogen) atoms. The van der Waals surface area contributed by atoms with Gasteiger partial charge in [0.15, 0.2) is 0 Å². The van der Waals surface area contributed by atoms with E-state index < -0.39 is 0 Å². The molecule has 0 aromatic carbocycles. The van der Waals surface area contributed by atoms with Gasteiger partial charge in [-0.25, -0.2) is 0 Å². The van der Waals surface area contributed by atoms with Gasteiger partial charge in [0.1, 0.15) is 0 Å². The van der Waals surface area contributed by atoms with E-state index in [-0.39, 0.29) is 11.9 Å². The maximum absolute atomic E-state index is 11.6. The summed E-state index contributed by atoms with van der Waals surface area (Å²) in [5.74, 6) is 0.770. The monoisotopic (exact) mass is 226 g/mol. The highest BCUT2D eigenvalue weighted by Crippen LogP contribution is 2.25. The molecule has 1 aliphatic carbocycles. The lowest BCUT2D eigenvalue weighted by molar-refractivity contribution is -0.122. The third-order valence-corrected chi connectivity index (χ3v) is 3.50. The van der Waals surface area contributed by atoms with E-state index in [4.69, 9.17) is 5.73 Å². The summed E-state index contributed by atoms with van der Waals surface area (Å²) >= 11 is 0. The van der Waals surface area contributed by atoms with E-state index in [2.05, 4.69) is 12.2 Å². The first-order valence-electron chi connectivity index (χ1n) is 6.64. The summed E-state index contributed by atoms with van der Waals surface area (Å²) in [6.45, 7) is 4.00. The molecule has 0 saturated heterocycles. The standard InChI is InChI=1S/C13H26N2O/c1-10(14)9-13(16)15-11(2)12-7-5-3-4-6-8-12/h10-12H,3-9,14H2,1-2H3,(H,15,16)/t10?,11-/m0/s1. The Kier molecular flexibility index (Phi) is 5.81. The van der Waals surface area contributed by atoms with Crippen molar-refractivity contribution in [2.45, 2.75) is 70.9 Å². The lowest BCUT2D eigenvalue weighted by Gasteiger charge is -2.23. The highest BCUT2D eigenvalue weighted by Gasteiger charge is 2.20. The fourth-order valence-electron chi connectivity index (χ4n) is 2.53. The van der Waals surface area contributed by atoms with Crippen LogP contribution in [0.25, 0.3) is 0 Å². The molecule has 3 heteroatoms. The fourth-order valence-corrected chi connectivity index (χ4v) is 2.53. The van der Waals surface area contributed by atoms with Crippen molar-refractivity contribution in [1.82, 2.24) is 5.32 Å². The Bertz CT molecular complexity index is 208. The Morgan fingerprint density at radius 2 is 1.81 bits per heavy atom. The molecule has 0 aromatic rings.